The number of hydrogen-bond donors (Lipinski definition) is 1. The largest absolute Gasteiger partial charge is 0.444 e. The summed E-state index contributed by atoms with van der Waals surface area (Å²) in [5, 5.41) is 2.98. The SMILES string of the molecule is CCS(=O)c1ccc(CNC(=O)c2cc3c(s2)C2(CCN(C(=O)OC(C)(C)C)CC2)OC2(CC2)C3)nc1. The van der Waals surface area contributed by atoms with Crippen molar-refractivity contribution in [3.05, 3.63) is 45.4 Å². The average molecular weight is 546 g/mol. The topological polar surface area (TPSA) is 97.8 Å². The Morgan fingerprint density at radius 3 is 2.54 bits per heavy atom. The third-order valence-electron chi connectivity index (χ3n) is 7.15. The van der Waals surface area contributed by atoms with Gasteiger partial charge in [0.1, 0.15) is 11.2 Å². The number of rotatable bonds is 5. The lowest BCUT2D eigenvalue weighted by Gasteiger charge is -2.46. The molecule has 4 heterocycles. The van der Waals surface area contributed by atoms with Crippen LogP contribution < -0.4 is 5.32 Å². The fourth-order valence-corrected chi connectivity index (χ4v) is 7.10. The van der Waals surface area contributed by atoms with E-state index >= 15 is 0 Å². The van der Waals surface area contributed by atoms with Gasteiger partial charge in [-0.25, -0.2) is 4.79 Å². The first-order valence-corrected chi connectivity index (χ1v) is 15.1. The lowest BCUT2D eigenvalue weighted by atomic mass is 9.83. The number of piperidine rings is 1. The number of carbonyl (C=O) groups is 2. The molecule has 1 aliphatic carbocycles. The first-order chi connectivity index (χ1) is 17.5. The molecule has 1 saturated carbocycles. The van der Waals surface area contributed by atoms with E-state index in [0.717, 1.165) is 29.8 Å². The van der Waals surface area contributed by atoms with Gasteiger partial charge >= 0.3 is 6.09 Å². The van der Waals surface area contributed by atoms with Gasteiger partial charge in [0.25, 0.3) is 5.91 Å². The summed E-state index contributed by atoms with van der Waals surface area (Å²) in [6.45, 7) is 8.93. The Balaban J connectivity index is 1.28. The lowest BCUT2D eigenvalue weighted by molar-refractivity contribution is -0.148. The fourth-order valence-electron chi connectivity index (χ4n) is 5.10. The molecule has 0 aromatic carbocycles. The van der Waals surface area contributed by atoms with E-state index in [1.165, 1.54) is 16.9 Å². The average Bonchev–Trinajstić information content (AvgIpc) is 3.44. The van der Waals surface area contributed by atoms with Crippen LogP contribution in [0.2, 0.25) is 0 Å². The van der Waals surface area contributed by atoms with E-state index < -0.39 is 22.0 Å². The van der Waals surface area contributed by atoms with E-state index in [2.05, 4.69) is 10.3 Å². The summed E-state index contributed by atoms with van der Waals surface area (Å²) in [6, 6.07) is 5.64. The van der Waals surface area contributed by atoms with E-state index in [1.807, 2.05) is 33.8 Å². The van der Waals surface area contributed by atoms with Crippen LogP contribution in [0.3, 0.4) is 0 Å². The normalized spacial score (nSPS) is 20.4. The number of nitrogens with zero attached hydrogens (tertiary/aromatic N) is 2. The maximum absolute atomic E-state index is 13.1. The predicted octanol–water partition coefficient (Wildman–Crippen LogP) is 4.53. The van der Waals surface area contributed by atoms with Crippen LogP contribution in [0.25, 0.3) is 0 Å². The molecular weight excluding hydrogens is 510 g/mol. The molecule has 5 rings (SSSR count). The molecule has 2 aromatic rings. The van der Waals surface area contributed by atoms with Crippen molar-refractivity contribution in [1.82, 2.24) is 15.2 Å². The zero-order valence-electron chi connectivity index (χ0n) is 21.9. The number of amides is 2. The quantitative estimate of drug-likeness (QED) is 0.593. The summed E-state index contributed by atoms with van der Waals surface area (Å²) in [7, 11) is -1.04. The molecule has 10 heteroatoms. The van der Waals surface area contributed by atoms with Gasteiger partial charge in [-0.3, -0.25) is 14.0 Å². The summed E-state index contributed by atoms with van der Waals surface area (Å²) < 4.78 is 24.3. The van der Waals surface area contributed by atoms with Gasteiger partial charge < -0.3 is 19.7 Å². The van der Waals surface area contributed by atoms with Crippen LogP contribution in [0.15, 0.2) is 29.3 Å². The Morgan fingerprint density at radius 2 is 1.95 bits per heavy atom. The van der Waals surface area contributed by atoms with Crippen LogP contribution in [-0.4, -0.2) is 56.1 Å². The molecule has 1 N–H and O–H groups in total. The van der Waals surface area contributed by atoms with Crippen molar-refractivity contribution in [3.8, 4) is 0 Å². The van der Waals surface area contributed by atoms with Crippen molar-refractivity contribution in [2.45, 2.75) is 88.0 Å². The monoisotopic (exact) mass is 545 g/mol. The minimum absolute atomic E-state index is 0.125. The number of nitrogens with one attached hydrogen (secondary N) is 1. The number of thiophene rings is 1. The van der Waals surface area contributed by atoms with Crippen molar-refractivity contribution in [3.63, 3.8) is 0 Å². The van der Waals surface area contributed by atoms with Gasteiger partial charge in [-0.15, -0.1) is 11.3 Å². The molecule has 200 valence electrons. The first kappa shape index (κ1) is 26.3. The van der Waals surface area contributed by atoms with Gasteiger partial charge in [0.2, 0.25) is 0 Å². The standard InChI is InChI=1S/C27H35N3O5S2/c1-5-37(33)20-7-6-19(28-17-20)16-29-23(31)21-14-18-15-26(8-9-26)35-27(22(18)36-21)10-12-30(13-11-27)24(32)34-25(2,3)4/h6-7,14,17H,5,8-13,15-16H2,1-4H3,(H,29,31). The zero-order chi connectivity index (χ0) is 26.4. The molecule has 2 spiro atoms. The summed E-state index contributed by atoms with van der Waals surface area (Å²) in [4.78, 5) is 34.3. The molecule has 8 nitrogen and oxygen atoms in total. The Morgan fingerprint density at radius 1 is 1.22 bits per heavy atom. The van der Waals surface area contributed by atoms with Crippen LogP contribution in [0, 0.1) is 0 Å². The number of ether oxygens (including phenoxy) is 2. The molecular formula is C27H35N3O5S2. The summed E-state index contributed by atoms with van der Waals surface area (Å²) in [5.74, 6) is 0.417. The van der Waals surface area contributed by atoms with Gasteiger partial charge in [0.05, 0.1) is 38.4 Å². The zero-order valence-corrected chi connectivity index (χ0v) is 23.6. The van der Waals surface area contributed by atoms with Crippen LogP contribution in [0.4, 0.5) is 4.79 Å². The van der Waals surface area contributed by atoms with E-state index in [-0.39, 0.29) is 17.6 Å². The number of hydrogen-bond acceptors (Lipinski definition) is 7. The van der Waals surface area contributed by atoms with Crippen LogP contribution in [-0.2, 0) is 38.8 Å². The van der Waals surface area contributed by atoms with E-state index in [9.17, 15) is 13.8 Å². The summed E-state index contributed by atoms with van der Waals surface area (Å²) in [6.07, 6.45) is 5.62. The highest BCUT2D eigenvalue weighted by Crippen LogP contribution is 2.57. The third-order valence-corrected chi connectivity index (χ3v) is 9.81. The minimum Gasteiger partial charge on any atom is -0.444 e. The smallest absolute Gasteiger partial charge is 0.410 e. The van der Waals surface area contributed by atoms with E-state index in [0.29, 0.717) is 48.0 Å². The van der Waals surface area contributed by atoms with Crippen molar-refractivity contribution < 1.29 is 23.3 Å². The van der Waals surface area contributed by atoms with Gasteiger partial charge in [0, 0.05) is 36.3 Å². The Labute approximate surface area is 224 Å². The van der Waals surface area contributed by atoms with Crippen LogP contribution in [0.5, 0.6) is 0 Å². The molecule has 3 aliphatic rings. The van der Waals surface area contributed by atoms with Crippen molar-refractivity contribution in [2.75, 3.05) is 18.8 Å². The molecule has 1 unspecified atom stereocenters. The molecule has 0 radical (unpaired) electrons. The molecule has 2 aromatic heterocycles. The van der Waals surface area contributed by atoms with Crippen molar-refractivity contribution >= 4 is 34.1 Å². The van der Waals surface area contributed by atoms with Crippen LogP contribution in [0.1, 0.15) is 79.2 Å². The molecule has 0 bridgehead atoms. The second-order valence-electron chi connectivity index (χ2n) is 11.2. The first-order valence-electron chi connectivity index (χ1n) is 12.9. The van der Waals surface area contributed by atoms with Crippen molar-refractivity contribution in [1.29, 1.82) is 0 Å². The second kappa shape index (κ2) is 9.78. The van der Waals surface area contributed by atoms with Crippen LogP contribution >= 0.6 is 11.3 Å². The van der Waals surface area contributed by atoms with Gasteiger partial charge in [-0.05, 0) is 70.2 Å². The highest BCUT2D eigenvalue weighted by Gasteiger charge is 2.57. The third kappa shape index (κ3) is 5.61. The molecule has 1 atom stereocenters. The Kier molecular flexibility index (Phi) is 6.96. The lowest BCUT2D eigenvalue weighted by Crippen LogP contribution is -2.51. The minimum atomic E-state index is -1.04. The number of aromatic nitrogens is 1. The maximum atomic E-state index is 13.1. The predicted molar refractivity (Wildman–Crippen MR) is 142 cm³/mol. The van der Waals surface area contributed by atoms with Gasteiger partial charge in [-0.1, -0.05) is 6.92 Å². The maximum Gasteiger partial charge on any atom is 0.410 e. The highest BCUT2D eigenvalue weighted by molar-refractivity contribution is 7.85. The molecule has 37 heavy (non-hydrogen) atoms. The molecule has 2 aliphatic heterocycles. The Bertz CT molecular complexity index is 1210. The number of carbonyl (C=O) groups excluding carboxylic acids is 2. The highest BCUT2D eigenvalue weighted by atomic mass is 32.2. The number of likely N-dealkylation sites (tertiary alicyclic amines) is 1. The summed E-state index contributed by atoms with van der Waals surface area (Å²) >= 11 is 1.51. The summed E-state index contributed by atoms with van der Waals surface area (Å²) in [5.41, 5.74) is 0.811. The van der Waals surface area contributed by atoms with E-state index in [1.54, 1.807) is 23.2 Å². The van der Waals surface area contributed by atoms with Gasteiger partial charge in [0.15, 0.2) is 0 Å². The molecule has 1 saturated heterocycles. The molecule has 2 amide bonds. The number of pyridine rings is 1. The fraction of sp³-hybridized carbons (Fsp3) is 0.593. The Hall–Kier alpha value is -2.30. The number of fused-ring (bicyclic) bond motifs is 2. The second-order valence-corrected chi connectivity index (χ2v) is 14.0. The van der Waals surface area contributed by atoms with Gasteiger partial charge in [-0.2, -0.15) is 0 Å². The molecule has 2 fully saturated rings. The van der Waals surface area contributed by atoms with E-state index in [4.69, 9.17) is 9.47 Å². The van der Waals surface area contributed by atoms with Crippen molar-refractivity contribution in [2.24, 2.45) is 0 Å².